The van der Waals surface area contributed by atoms with Crippen molar-refractivity contribution in [3.05, 3.63) is 24.3 Å². The van der Waals surface area contributed by atoms with Gasteiger partial charge in [0.2, 0.25) is 10.0 Å². The summed E-state index contributed by atoms with van der Waals surface area (Å²) in [6, 6.07) is 4.85. The first kappa shape index (κ1) is 15.9. The van der Waals surface area contributed by atoms with E-state index in [0.29, 0.717) is 0 Å². The van der Waals surface area contributed by atoms with Crippen molar-refractivity contribution in [3.63, 3.8) is 0 Å². The molecule has 1 fully saturated rings. The molecule has 5 nitrogen and oxygen atoms in total. The summed E-state index contributed by atoms with van der Waals surface area (Å²) in [4.78, 5) is 0. The Labute approximate surface area is 120 Å². The highest BCUT2D eigenvalue weighted by molar-refractivity contribution is 7.92. The van der Waals surface area contributed by atoms with Gasteiger partial charge in [-0.25, -0.2) is 8.42 Å². The van der Waals surface area contributed by atoms with Gasteiger partial charge in [0.05, 0.1) is 11.4 Å². The van der Waals surface area contributed by atoms with Crippen LogP contribution < -0.4 is 14.8 Å². The van der Waals surface area contributed by atoms with Crippen molar-refractivity contribution < 1.29 is 26.3 Å². The lowest BCUT2D eigenvalue weighted by molar-refractivity contribution is -0.274. The van der Waals surface area contributed by atoms with Crippen LogP contribution in [0.1, 0.15) is 12.8 Å². The van der Waals surface area contributed by atoms with Crippen molar-refractivity contribution in [1.82, 2.24) is 5.32 Å². The van der Waals surface area contributed by atoms with E-state index in [1.807, 2.05) is 0 Å². The van der Waals surface area contributed by atoms with Crippen molar-refractivity contribution in [3.8, 4) is 5.75 Å². The molecular formula is C12H15F3N2O3S. The van der Waals surface area contributed by atoms with Crippen LogP contribution in [0, 0.1) is 0 Å². The summed E-state index contributed by atoms with van der Waals surface area (Å²) in [6.45, 7) is 0.744. The zero-order chi connectivity index (χ0) is 15.5. The Morgan fingerprint density at radius 1 is 1.33 bits per heavy atom. The van der Waals surface area contributed by atoms with Crippen molar-refractivity contribution in [2.75, 3.05) is 17.0 Å². The summed E-state index contributed by atoms with van der Waals surface area (Å²) in [7, 11) is -3.76. The first-order chi connectivity index (χ1) is 9.75. The van der Waals surface area contributed by atoms with Crippen molar-refractivity contribution in [2.24, 2.45) is 0 Å². The maximum atomic E-state index is 12.3. The number of hydrogen-bond donors (Lipinski definition) is 2. The number of para-hydroxylation sites is 2. The molecule has 1 saturated heterocycles. The molecule has 1 aromatic rings. The van der Waals surface area contributed by atoms with Crippen LogP contribution in [0.5, 0.6) is 5.75 Å². The third-order valence-electron chi connectivity index (χ3n) is 2.96. The quantitative estimate of drug-likeness (QED) is 0.870. The van der Waals surface area contributed by atoms with E-state index in [-0.39, 0.29) is 17.5 Å². The van der Waals surface area contributed by atoms with Crippen LogP contribution in [-0.4, -0.2) is 33.1 Å². The monoisotopic (exact) mass is 324 g/mol. The van der Waals surface area contributed by atoms with E-state index in [1.165, 1.54) is 18.2 Å². The number of nitrogens with one attached hydrogen (secondary N) is 2. The number of anilines is 1. The highest BCUT2D eigenvalue weighted by Crippen LogP contribution is 2.30. The fourth-order valence-electron chi connectivity index (χ4n) is 2.14. The third kappa shape index (κ3) is 5.09. The van der Waals surface area contributed by atoms with Crippen LogP contribution in [-0.2, 0) is 10.0 Å². The summed E-state index contributed by atoms with van der Waals surface area (Å²) in [5.41, 5.74) is -0.229. The van der Waals surface area contributed by atoms with Gasteiger partial charge in [-0.2, -0.15) is 0 Å². The predicted molar refractivity (Wildman–Crippen MR) is 71.6 cm³/mol. The molecule has 1 aliphatic heterocycles. The molecule has 118 valence electrons. The van der Waals surface area contributed by atoms with Crippen LogP contribution in [0.3, 0.4) is 0 Å². The smallest absolute Gasteiger partial charge is 0.404 e. The molecule has 21 heavy (non-hydrogen) atoms. The van der Waals surface area contributed by atoms with Crippen LogP contribution in [0.15, 0.2) is 24.3 Å². The molecule has 1 heterocycles. The van der Waals surface area contributed by atoms with E-state index in [1.54, 1.807) is 0 Å². The molecule has 0 bridgehead atoms. The first-order valence-corrected chi connectivity index (χ1v) is 7.99. The Hall–Kier alpha value is -1.48. The minimum atomic E-state index is -4.88. The molecule has 0 amide bonds. The highest BCUT2D eigenvalue weighted by Gasteiger charge is 2.32. The lowest BCUT2D eigenvalue weighted by Crippen LogP contribution is -2.33. The summed E-state index contributed by atoms with van der Waals surface area (Å²) in [5, 5.41) is 3.02. The molecule has 0 spiro atoms. The highest BCUT2D eigenvalue weighted by atomic mass is 32.2. The number of hydrogen-bond acceptors (Lipinski definition) is 4. The Bertz CT molecular complexity index is 584. The van der Waals surface area contributed by atoms with Crippen molar-refractivity contribution in [1.29, 1.82) is 0 Å². The standard InChI is InChI=1S/C12H15F3N2O3S/c13-12(14,15)20-11-6-2-1-5-10(11)17-21(18,19)8-9-4-3-7-16-9/h1-2,5-6,9,16-17H,3-4,7-8H2. The average Bonchev–Trinajstić information content (AvgIpc) is 2.81. The molecule has 2 N–H and O–H groups in total. The number of ether oxygens (including phenoxy) is 1. The van der Waals surface area contributed by atoms with E-state index >= 15 is 0 Å². The first-order valence-electron chi connectivity index (χ1n) is 6.34. The van der Waals surface area contributed by atoms with Gasteiger partial charge in [-0.15, -0.1) is 13.2 Å². The number of alkyl halides is 3. The molecule has 1 aliphatic rings. The van der Waals surface area contributed by atoms with Gasteiger partial charge < -0.3 is 10.1 Å². The van der Waals surface area contributed by atoms with Crippen LogP contribution in [0.4, 0.5) is 18.9 Å². The molecule has 2 rings (SSSR count). The van der Waals surface area contributed by atoms with Gasteiger partial charge in [0.25, 0.3) is 0 Å². The number of benzene rings is 1. The lowest BCUT2D eigenvalue weighted by Gasteiger charge is -2.16. The lowest BCUT2D eigenvalue weighted by atomic mass is 10.3. The van der Waals surface area contributed by atoms with Gasteiger partial charge in [0.15, 0.2) is 5.75 Å². The molecule has 9 heteroatoms. The van der Waals surface area contributed by atoms with E-state index in [4.69, 9.17) is 0 Å². The van der Waals surface area contributed by atoms with E-state index in [9.17, 15) is 21.6 Å². The largest absolute Gasteiger partial charge is 0.573 e. The molecule has 1 atom stereocenters. The Kier molecular flexibility index (Phi) is 4.62. The minimum Gasteiger partial charge on any atom is -0.404 e. The fourth-order valence-corrected chi connectivity index (χ4v) is 3.54. The SMILES string of the molecule is O=S(=O)(CC1CCCN1)Nc1ccccc1OC(F)(F)F. The summed E-state index contributed by atoms with van der Waals surface area (Å²) in [6.07, 6.45) is -3.27. The Morgan fingerprint density at radius 2 is 2.05 bits per heavy atom. The number of halogens is 3. The van der Waals surface area contributed by atoms with Crippen LogP contribution >= 0.6 is 0 Å². The average molecular weight is 324 g/mol. The minimum absolute atomic E-state index is 0.182. The zero-order valence-corrected chi connectivity index (χ0v) is 11.8. The topological polar surface area (TPSA) is 67.4 Å². The van der Waals surface area contributed by atoms with E-state index in [2.05, 4.69) is 14.8 Å². The maximum absolute atomic E-state index is 12.3. The molecule has 1 aromatic carbocycles. The third-order valence-corrected chi connectivity index (χ3v) is 4.33. The van der Waals surface area contributed by atoms with E-state index in [0.717, 1.165) is 25.5 Å². The second kappa shape index (κ2) is 6.10. The molecule has 0 aliphatic carbocycles. The van der Waals surface area contributed by atoms with Crippen molar-refractivity contribution in [2.45, 2.75) is 25.2 Å². The van der Waals surface area contributed by atoms with Gasteiger partial charge >= 0.3 is 6.36 Å². The second-order valence-electron chi connectivity index (χ2n) is 4.72. The van der Waals surface area contributed by atoms with Gasteiger partial charge in [-0.1, -0.05) is 12.1 Å². The molecule has 1 unspecified atom stereocenters. The fraction of sp³-hybridized carbons (Fsp3) is 0.500. The van der Waals surface area contributed by atoms with Crippen LogP contribution in [0.25, 0.3) is 0 Å². The molecule has 0 saturated carbocycles. The van der Waals surface area contributed by atoms with E-state index < -0.39 is 22.1 Å². The van der Waals surface area contributed by atoms with Gasteiger partial charge in [0, 0.05) is 6.04 Å². The van der Waals surface area contributed by atoms with Crippen molar-refractivity contribution >= 4 is 15.7 Å². The second-order valence-corrected chi connectivity index (χ2v) is 6.49. The predicted octanol–water partition coefficient (Wildman–Crippen LogP) is 2.08. The normalized spacial score (nSPS) is 19.5. The molecule has 0 radical (unpaired) electrons. The van der Waals surface area contributed by atoms with Crippen LogP contribution in [0.2, 0.25) is 0 Å². The summed E-state index contributed by atoms with van der Waals surface area (Å²) >= 11 is 0. The maximum Gasteiger partial charge on any atom is 0.573 e. The molecule has 0 aromatic heterocycles. The Balaban J connectivity index is 2.11. The summed E-state index contributed by atoms with van der Waals surface area (Å²) < 4.78 is 66.7. The molecular weight excluding hydrogens is 309 g/mol. The zero-order valence-electron chi connectivity index (χ0n) is 11.0. The summed E-state index contributed by atoms with van der Waals surface area (Å²) in [5.74, 6) is -0.763. The van der Waals surface area contributed by atoms with Gasteiger partial charge in [-0.3, -0.25) is 4.72 Å². The Morgan fingerprint density at radius 3 is 2.67 bits per heavy atom. The van der Waals surface area contributed by atoms with Gasteiger partial charge in [0.1, 0.15) is 0 Å². The van der Waals surface area contributed by atoms with Gasteiger partial charge in [-0.05, 0) is 31.5 Å². The number of sulfonamides is 1. The number of rotatable bonds is 5.